The third kappa shape index (κ3) is 3.71. The molecule has 108 valence electrons. The highest BCUT2D eigenvalue weighted by Gasteiger charge is 2.19. The van der Waals surface area contributed by atoms with Crippen molar-refractivity contribution in [3.8, 4) is 0 Å². The molecule has 0 atom stereocenters. The number of carbonyl (C=O) groups excluding carboxylic acids is 1. The second kappa shape index (κ2) is 6.56. The summed E-state index contributed by atoms with van der Waals surface area (Å²) in [6, 6.07) is 11.7. The van der Waals surface area contributed by atoms with Crippen LogP contribution in [0.4, 0.5) is 5.69 Å². The van der Waals surface area contributed by atoms with Crippen molar-refractivity contribution < 1.29 is 9.72 Å². The first-order chi connectivity index (χ1) is 9.99. The lowest BCUT2D eigenvalue weighted by molar-refractivity contribution is -0.384. The largest absolute Gasteiger partial charge is 0.348 e. The molecule has 2 aromatic carbocycles. The Kier molecular flexibility index (Phi) is 4.77. The van der Waals surface area contributed by atoms with Crippen molar-refractivity contribution >= 4 is 34.8 Å². The number of halogens is 2. The maximum absolute atomic E-state index is 12.0. The van der Waals surface area contributed by atoms with Gasteiger partial charge in [-0.15, -0.1) is 0 Å². The van der Waals surface area contributed by atoms with E-state index in [1.54, 1.807) is 0 Å². The van der Waals surface area contributed by atoms with E-state index in [1.807, 2.05) is 30.3 Å². The molecule has 0 saturated heterocycles. The summed E-state index contributed by atoms with van der Waals surface area (Å²) in [5, 5.41) is 13.3. The van der Waals surface area contributed by atoms with E-state index in [4.69, 9.17) is 23.2 Å². The zero-order chi connectivity index (χ0) is 15.4. The van der Waals surface area contributed by atoms with E-state index in [0.29, 0.717) is 6.54 Å². The summed E-state index contributed by atoms with van der Waals surface area (Å²) in [7, 11) is 0. The number of hydrogen-bond acceptors (Lipinski definition) is 3. The molecule has 21 heavy (non-hydrogen) atoms. The summed E-state index contributed by atoms with van der Waals surface area (Å²) >= 11 is 11.5. The van der Waals surface area contributed by atoms with E-state index >= 15 is 0 Å². The normalized spacial score (nSPS) is 10.2. The first kappa shape index (κ1) is 15.3. The quantitative estimate of drug-likeness (QED) is 0.686. The van der Waals surface area contributed by atoms with E-state index in [-0.39, 0.29) is 15.6 Å². The van der Waals surface area contributed by atoms with E-state index in [1.165, 1.54) is 6.07 Å². The van der Waals surface area contributed by atoms with Gasteiger partial charge < -0.3 is 5.32 Å². The Morgan fingerprint density at radius 1 is 1.19 bits per heavy atom. The molecule has 0 radical (unpaired) electrons. The van der Waals surface area contributed by atoms with E-state index < -0.39 is 16.5 Å². The Balaban J connectivity index is 2.18. The minimum atomic E-state index is -0.678. The molecule has 0 unspecified atom stereocenters. The summed E-state index contributed by atoms with van der Waals surface area (Å²) in [5.74, 6) is -0.458. The molecule has 2 aromatic rings. The highest BCUT2D eigenvalue weighted by atomic mass is 35.5. The van der Waals surface area contributed by atoms with Crippen molar-refractivity contribution in [2.24, 2.45) is 0 Å². The predicted octanol–water partition coefficient (Wildman–Crippen LogP) is 3.83. The average Bonchev–Trinajstić information content (AvgIpc) is 2.48. The molecule has 0 aliphatic rings. The lowest BCUT2D eigenvalue weighted by atomic mass is 10.1. The van der Waals surface area contributed by atoms with Crippen LogP contribution in [0.25, 0.3) is 0 Å². The van der Waals surface area contributed by atoms with Crippen LogP contribution in [-0.2, 0) is 6.54 Å². The fraction of sp³-hybridized carbons (Fsp3) is 0.0714. The van der Waals surface area contributed by atoms with Crippen molar-refractivity contribution in [3.63, 3.8) is 0 Å². The molecule has 0 saturated carbocycles. The maximum Gasteiger partial charge on any atom is 0.290 e. The topological polar surface area (TPSA) is 72.2 Å². The van der Waals surface area contributed by atoms with Gasteiger partial charge in [0.15, 0.2) is 0 Å². The predicted molar refractivity (Wildman–Crippen MR) is 80.7 cm³/mol. The van der Waals surface area contributed by atoms with Crippen LogP contribution in [0, 0.1) is 10.1 Å². The van der Waals surface area contributed by atoms with Gasteiger partial charge in [0.1, 0.15) is 5.02 Å². The van der Waals surface area contributed by atoms with Crippen molar-refractivity contribution in [2.45, 2.75) is 6.54 Å². The molecule has 0 fully saturated rings. The van der Waals surface area contributed by atoms with Crippen molar-refractivity contribution in [2.75, 3.05) is 0 Å². The molecule has 1 amide bonds. The summed E-state index contributed by atoms with van der Waals surface area (Å²) < 4.78 is 0. The standard InChI is InChI=1S/C14H10Cl2N2O3/c15-11-6-10(7-12(13(11)16)18(20)21)14(19)17-8-9-4-2-1-3-5-9/h1-7H,8H2,(H,17,19). The number of amides is 1. The number of rotatable bonds is 4. The summed E-state index contributed by atoms with van der Waals surface area (Å²) in [6.07, 6.45) is 0. The highest BCUT2D eigenvalue weighted by Crippen LogP contribution is 2.33. The minimum Gasteiger partial charge on any atom is -0.348 e. The first-order valence-corrected chi connectivity index (χ1v) is 6.70. The Morgan fingerprint density at radius 2 is 1.86 bits per heavy atom. The van der Waals surface area contributed by atoms with Crippen molar-refractivity contribution in [3.05, 3.63) is 73.8 Å². The Hall–Kier alpha value is -2.11. The molecular formula is C14H10Cl2N2O3. The summed E-state index contributed by atoms with van der Waals surface area (Å²) in [6.45, 7) is 0.313. The second-order valence-electron chi connectivity index (χ2n) is 4.22. The van der Waals surface area contributed by atoms with Gasteiger partial charge in [0.05, 0.1) is 9.95 Å². The van der Waals surface area contributed by atoms with Crippen molar-refractivity contribution in [1.29, 1.82) is 0 Å². The molecule has 0 spiro atoms. The Morgan fingerprint density at radius 3 is 2.48 bits per heavy atom. The fourth-order valence-corrected chi connectivity index (χ4v) is 2.11. The van der Waals surface area contributed by atoms with Gasteiger partial charge in [0.25, 0.3) is 11.6 Å². The lowest BCUT2D eigenvalue weighted by Crippen LogP contribution is -2.22. The van der Waals surface area contributed by atoms with Crippen LogP contribution in [-0.4, -0.2) is 10.8 Å². The van der Waals surface area contributed by atoms with Gasteiger partial charge in [-0.25, -0.2) is 0 Å². The minimum absolute atomic E-state index is 0.0317. The Bertz CT molecular complexity index is 690. The van der Waals surface area contributed by atoms with Gasteiger partial charge in [0.2, 0.25) is 0 Å². The van der Waals surface area contributed by atoms with Crippen molar-refractivity contribution in [1.82, 2.24) is 5.32 Å². The molecule has 0 heterocycles. The van der Waals surface area contributed by atoms with Gasteiger partial charge >= 0.3 is 0 Å². The molecule has 0 aliphatic carbocycles. The Labute approximate surface area is 130 Å². The van der Waals surface area contributed by atoms with Crippen LogP contribution in [0.5, 0.6) is 0 Å². The monoisotopic (exact) mass is 324 g/mol. The molecule has 0 bridgehead atoms. The van der Waals surface area contributed by atoms with Gasteiger partial charge in [-0.1, -0.05) is 53.5 Å². The van der Waals surface area contributed by atoms with E-state index in [0.717, 1.165) is 11.6 Å². The van der Waals surface area contributed by atoms with Gasteiger partial charge in [-0.2, -0.15) is 0 Å². The number of hydrogen-bond donors (Lipinski definition) is 1. The van der Waals surface area contributed by atoms with Crippen LogP contribution in [0.3, 0.4) is 0 Å². The van der Waals surface area contributed by atoms with Crippen LogP contribution in [0.15, 0.2) is 42.5 Å². The summed E-state index contributed by atoms with van der Waals surface area (Å²) in [4.78, 5) is 22.2. The smallest absolute Gasteiger partial charge is 0.290 e. The fourth-order valence-electron chi connectivity index (χ4n) is 1.72. The number of nitro groups is 1. The second-order valence-corrected chi connectivity index (χ2v) is 5.00. The number of carbonyl (C=O) groups is 1. The number of nitrogens with zero attached hydrogens (tertiary/aromatic N) is 1. The summed E-state index contributed by atoms with van der Waals surface area (Å²) in [5.41, 5.74) is 0.612. The lowest BCUT2D eigenvalue weighted by Gasteiger charge is -2.07. The maximum atomic E-state index is 12.0. The molecule has 7 heteroatoms. The van der Waals surface area contributed by atoms with Crippen LogP contribution < -0.4 is 5.32 Å². The SMILES string of the molecule is O=C(NCc1ccccc1)c1cc(Cl)c(Cl)c([N+](=O)[O-])c1. The van der Waals surface area contributed by atoms with Gasteiger partial charge in [-0.3, -0.25) is 14.9 Å². The average molecular weight is 325 g/mol. The zero-order valence-electron chi connectivity index (χ0n) is 10.7. The van der Waals surface area contributed by atoms with Crippen LogP contribution >= 0.6 is 23.2 Å². The van der Waals surface area contributed by atoms with E-state index in [9.17, 15) is 14.9 Å². The molecule has 0 aromatic heterocycles. The number of benzene rings is 2. The third-order valence-electron chi connectivity index (χ3n) is 2.76. The number of nitrogens with one attached hydrogen (secondary N) is 1. The van der Waals surface area contributed by atoms with Gasteiger partial charge in [0, 0.05) is 18.2 Å². The molecular weight excluding hydrogens is 315 g/mol. The van der Waals surface area contributed by atoms with Crippen LogP contribution in [0.2, 0.25) is 10.0 Å². The molecule has 5 nitrogen and oxygen atoms in total. The third-order valence-corrected chi connectivity index (χ3v) is 3.56. The molecule has 1 N–H and O–H groups in total. The highest BCUT2D eigenvalue weighted by molar-refractivity contribution is 6.43. The molecule has 2 rings (SSSR count). The first-order valence-electron chi connectivity index (χ1n) is 5.94. The number of nitro benzene ring substituents is 1. The van der Waals surface area contributed by atoms with E-state index in [2.05, 4.69) is 5.32 Å². The van der Waals surface area contributed by atoms with Crippen LogP contribution in [0.1, 0.15) is 15.9 Å². The van der Waals surface area contributed by atoms with Gasteiger partial charge in [-0.05, 0) is 11.6 Å². The molecule has 0 aliphatic heterocycles. The zero-order valence-corrected chi connectivity index (χ0v) is 12.2.